The number of benzene rings is 2. The highest BCUT2D eigenvalue weighted by molar-refractivity contribution is 5.98. The summed E-state index contributed by atoms with van der Waals surface area (Å²) in [5.41, 5.74) is 1.65. The Bertz CT molecular complexity index is 1380. The number of carbonyl (C=O) groups excluding carboxylic acids is 3. The van der Waals surface area contributed by atoms with Gasteiger partial charge in [0.2, 0.25) is 5.91 Å². The zero-order valence-electron chi connectivity index (χ0n) is 20.3. The standard InChI is InChI=1S/C28H26F2N4O4/c1-2-12-32-26(37)23-16-28(29,30)17-34(23)27(38)24(35)22(14-18-7-4-3-5-8-18)33-25(36)20-10-11-21-19(15-20)9-6-13-31-21/h1,3-11,13,15,22-24,35H,12,14,16-17H2,(H,32,37)(H,33,36). The molecular formula is C28H26F2N4O4. The Morgan fingerprint density at radius 3 is 2.66 bits per heavy atom. The van der Waals surface area contributed by atoms with E-state index in [4.69, 9.17) is 6.42 Å². The summed E-state index contributed by atoms with van der Waals surface area (Å²) in [6.07, 6.45) is 3.99. The topological polar surface area (TPSA) is 112 Å². The number of carbonyl (C=O) groups is 3. The van der Waals surface area contributed by atoms with Crippen molar-refractivity contribution >= 4 is 28.6 Å². The maximum absolute atomic E-state index is 14.3. The lowest BCUT2D eigenvalue weighted by Crippen LogP contribution is -2.56. The average Bonchev–Trinajstić information content (AvgIpc) is 3.26. The van der Waals surface area contributed by atoms with Gasteiger partial charge in [0, 0.05) is 23.6 Å². The van der Waals surface area contributed by atoms with E-state index in [2.05, 4.69) is 21.5 Å². The third kappa shape index (κ3) is 6.12. The largest absolute Gasteiger partial charge is 0.381 e. The van der Waals surface area contributed by atoms with Gasteiger partial charge in [0.15, 0.2) is 6.10 Å². The molecule has 0 aliphatic carbocycles. The SMILES string of the molecule is C#CCNC(=O)C1CC(F)(F)CN1C(=O)C(O)C(Cc1ccccc1)NC(=O)c1ccc2ncccc2c1. The van der Waals surface area contributed by atoms with Gasteiger partial charge in [-0.15, -0.1) is 6.42 Å². The Hall–Kier alpha value is -4.36. The minimum absolute atomic E-state index is 0.0345. The Morgan fingerprint density at radius 1 is 1.16 bits per heavy atom. The molecular weight excluding hydrogens is 494 g/mol. The number of hydrogen-bond acceptors (Lipinski definition) is 5. The van der Waals surface area contributed by atoms with Gasteiger partial charge < -0.3 is 20.6 Å². The van der Waals surface area contributed by atoms with Gasteiger partial charge in [-0.1, -0.05) is 42.3 Å². The molecule has 0 spiro atoms. The molecule has 2 aromatic carbocycles. The van der Waals surface area contributed by atoms with E-state index in [1.165, 1.54) is 0 Å². The number of likely N-dealkylation sites (tertiary alicyclic amines) is 1. The van der Waals surface area contributed by atoms with Crippen molar-refractivity contribution in [3.05, 3.63) is 78.0 Å². The lowest BCUT2D eigenvalue weighted by Gasteiger charge is -2.30. The molecule has 1 saturated heterocycles. The number of hydrogen-bond donors (Lipinski definition) is 3. The molecule has 1 aliphatic heterocycles. The van der Waals surface area contributed by atoms with Crippen molar-refractivity contribution < 1.29 is 28.3 Å². The third-order valence-corrected chi connectivity index (χ3v) is 6.33. The molecule has 4 rings (SSSR count). The van der Waals surface area contributed by atoms with Crippen LogP contribution < -0.4 is 10.6 Å². The number of aromatic nitrogens is 1. The molecule has 0 bridgehead atoms. The van der Waals surface area contributed by atoms with Crippen LogP contribution in [0.3, 0.4) is 0 Å². The molecule has 10 heteroatoms. The smallest absolute Gasteiger partial charge is 0.267 e. The predicted molar refractivity (Wildman–Crippen MR) is 136 cm³/mol. The normalized spacial score (nSPS) is 17.8. The first-order valence-corrected chi connectivity index (χ1v) is 12.0. The summed E-state index contributed by atoms with van der Waals surface area (Å²) < 4.78 is 28.6. The molecule has 3 N–H and O–H groups in total. The number of aliphatic hydroxyl groups is 1. The summed E-state index contributed by atoms with van der Waals surface area (Å²) in [7, 11) is 0. The quantitative estimate of drug-likeness (QED) is 0.393. The number of rotatable bonds is 8. The average molecular weight is 521 g/mol. The van der Waals surface area contributed by atoms with E-state index in [9.17, 15) is 28.3 Å². The van der Waals surface area contributed by atoms with Crippen LogP contribution in [0.2, 0.25) is 0 Å². The van der Waals surface area contributed by atoms with Crippen LogP contribution in [-0.4, -0.2) is 69.9 Å². The number of terminal acetylenes is 1. The van der Waals surface area contributed by atoms with Gasteiger partial charge >= 0.3 is 0 Å². The monoisotopic (exact) mass is 520 g/mol. The lowest BCUT2D eigenvalue weighted by atomic mass is 9.99. The Morgan fingerprint density at radius 2 is 1.92 bits per heavy atom. The summed E-state index contributed by atoms with van der Waals surface area (Å²) in [5.74, 6) is -3.65. The number of nitrogens with zero attached hydrogens (tertiary/aromatic N) is 2. The summed E-state index contributed by atoms with van der Waals surface area (Å²) in [4.78, 5) is 43.8. The van der Waals surface area contributed by atoms with Crippen LogP contribution in [-0.2, 0) is 16.0 Å². The second-order valence-corrected chi connectivity index (χ2v) is 9.09. The van der Waals surface area contributed by atoms with Crippen molar-refractivity contribution in [1.29, 1.82) is 0 Å². The number of pyridine rings is 1. The Labute approximate surface area is 218 Å². The summed E-state index contributed by atoms with van der Waals surface area (Å²) >= 11 is 0. The summed E-state index contributed by atoms with van der Waals surface area (Å²) in [6, 6.07) is 14.5. The molecule has 3 unspecified atom stereocenters. The molecule has 0 radical (unpaired) electrons. The van der Waals surface area contributed by atoms with Gasteiger partial charge in [0.25, 0.3) is 17.7 Å². The Balaban J connectivity index is 1.59. The van der Waals surface area contributed by atoms with Gasteiger partial charge in [0.1, 0.15) is 6.04 Å². The number of halogens is 2. The highest BCUT2D eigenvalue weighted by atomic mass is 19.3. The van der Waals surface area contributed by atoms with Crippen LogP contribution in [0.1, 0.15) is 22.3 Å². The van der Waals surface area contributed by atoms with Crippen molar-refractivity contribution in [2.75, 3.05) is 13.1 Å². The van der Waals surface area contributed by atoms with Crippen molar-refractivity contribution in [2.45, 2.75) is 37.0 Å². The molecule has 3 amide bonds. The van der Waals surface area contributed by atoms with Crippen LogP contribution in [0.5, 0.6) is 0 Å². The van der Waals surface area contributed by atoms with Crippen LogP contribution in [0.15, 0.2) is 66.9 Å². The van der Waals surface area contributed by atoms with Crippen molar-refractivity contribution in [1.82, 2.24) is 20.5 Å². The third-order valence-electron chi connectivity index (χ3n) is 6.33. The van der Waals surface area contributed by atoms with Crippen LogP contribution in [0.25, 0.3) is 10.9 Å². The number of fused-ring (bicyclic) bond motifs is 1. The van der Waals surface area contributed by atoms with Crippen molar-refractivity contribution in [3.8, 4) is 12.3 Å². The maximum atomic E-state index is 14.3. The highest BCUT2D eigenvalue weighted by Gasteiger charge is 2.51. The fourth-order valence-corrected chi connectivity index (χ4v) is 4.46. The lowest BCUT2D eigenvalue weighted by molar-refractivity contribution is -0.147. The molecule has 1 aromatic heterocycles. The van der Waals surface area contributed by atoms with Crippen molar-refractivity contribution in [3.63, 3.8) is 0 Å². The molecule has 196 valence electrons. The zero-order chi connectivity index (χ0) is 27.3. The molecule has 8 nitrogen and oxygen atoms in total. The molecule has 2 heterocycles. The first kappa shape index (κ1) is 26.7. The number of alkyl halides is 2. The molecule has 0 saturated carbocycles. The van der Waals surface area contributed by atoms with Crippen LogP contribution in [0.4, 0.5) is 8.78 Å². The molecule has 3 atom stereocenters. The maximum Gasteiger partial charge on any atom is 0.267 e. The van der Waals surface area contributed by atoms with E-state index in [-0.39, 0.29) is 18.5 Å². The highest BCUT2D eigenvalue weighted by Crippen LogP contribution is 2.33. The van der Waals surface area contributed by atoms with E-state index in [1.54, 1.807) is 66.9 Å². The molecule has 38 heavy (non-hydrogen) atoms. The van der Waals surface area contributed by atoms with Crippen molar-refractivity contribution in [2.24, 2.45) is 0 Å². The zero-order valence-corrected chi connectivity index (χ0v) is 20.3. The van der Waals surface area contributed by atoms with E-state index < -0.39 is 54.8 Å². The van der Waals surface area contributed by atoms with E-state index in [1.807, 2.05) is 0 Å². The Kier molecular flexibility index (Phi) is 7.98. The first-order chi connectivity index (χ1) is 18.2. The van der Waals surface area contributed by atoms with Gasteiger partial charge in [-0.2, -0.15) is 0 Å². The summed E-state index contributed by atoms with van der Waals surface area (Å²) in [5, 5.41) is 16.8. The minimum Gasteiger partial charge on any atom is -0.381 e. The molecule has 3 aromatic rings. The van der Waals surface area contributed by atoms with Gasteiger partial charge in [-0.3, -0.25) is 19.4 Å². The van der Waals surface area contributed by atoms with Crippen LogP contribution >= 0.6 is 0 Å². The van der Waals surface area contributed by atoms with E-state index >= 15 is 0 Å². The fourth-order valence-electron chi connectivity index (χ4n) is 4.46. The number of nitrogens with one attached hydrogen (secondary N) is 2. The first-order valence-electron chi connectivity index (χ1n) is 12.0. The van der Waals surface area contributed by atoms with E-state index in [0.29, 0.717) is 16.0 Å². The van der Waals surface area contributed by atoms with Gasteiger partial charge in [0.05, 0.1) is 24.6 Å². The van der Waals surface area contributed by atoms with Crippen LogP contribution in [0, 0.1) is 12.3 Å². The second kappa shape index (κ2) is 11.4. The number of amides is 3. The summed E-state index contributed by atoms with van der Waals surface area (Å²) in [6.45, 7) is -1.24. The predicted octanol–water partition coefficient (Wildman–Crippen LogP) is 1.92. The van der Waals surface area contributed by atoms with Gasteiger partial charge in [-0.25, -0.2) is 8.78 Å². The fraction of sp³-hybridized carbons (Fsp3) is 0.286. The number of aliphatic hydroxyl groups excluding tert-OH is 1. The van der Waals surface area contributed by atoms with Gasteiger partial charge in [-0.05, 0) is 36.2 Å². The molecule has 1 fully saturated rings. The molecule has 1 aliphatic rings. The van der Waals surface area contributed by atoms with E-state index in [0.717, 1.165) is 5.39 Å². The minimum atomic E-state index is -3.33. The second-order valence-electron chi connectivity index (χ2n) is 9.09.